The first-order valence-corrected chi connectivity index (χ1v) is 3.97. The van der Waals surface area contributed by atoms with E-state index in [1.54, 1.807) is 0 Å². The van der Waals surface area contributed by atoms with Crippen molar-refractivity contribution in [1.29, 1.82) is 0 Å². The number of allylic oxidation sites excluding steroid dienone is 2. The Bertz CT molecular complexity index is 172. The van der Waals surface area contributed by atoms with Crippen molar-refractivity contribution < 1.29 is 4.79 Å². The maximum Gasteiger partial charge on any atom is 0.147 e. The van der Waals surface area contributed by atoms with Crippen LogP contribution >= 0.6 is 11.6 Å². The second-order valence-corrected chi connectivity index (χ2v) is 3.23. The Morgan fingerprint density at radius 2 is 2.40 bits per heavy atom. The lowest BCUT2D eigenvalue weighted by Crippen LogP contribution is -2.07. The number of hydrogen-bond acceptors (Lipinski definition) is 1. The van der Waals surface area contributed by atoms with Gasteiger partial charge in [-0.1, -0.05) is 18.5 Å². The van der Waals surface area contributed by atoms with Gasteiger partial charge in [-0.25, -0.2) is 0 Å². The second kappa shape index (κ2) is 3.20. The molecule has 0 aromatic heterocycles. The topological polar surface area (TPSA) is 17.1 Å². The van der Waals surface area contributed by atoms with Crippen LogP contribution in [0, 0.1) is 5.92 Å². The van der Waals surface area contributed by atoms with E-state index in [0.717, 1.165) is 36.2 Å². The first-order valence-electron chi connectivity index (χ1n) is 3.59. The fraction of sp³-hybridized carbons (Fsp3) is 0.625. The highest BCUT2D eigenvalue weighted by atomic mass is 35.5. The van der Waals surface area contributed by atoms with Gasteiger partial charge in [-0.3, -0.25) is 4.79 Å². The van der Waals surface area contributed by atoms with Gasteiger partial charge >= 0.3 is 0 Å². The third-order valence-electron chi connectivity index (χ3n) is 2.00. The molecule has 0 spiro atoms. The zero-order chi connectivity index (χ0) is 7.56. The standard InChI is InChI=1S/C8H11ClO/c1-6-3-2-4-8(9)7(6)5-10/h5-6H,2-4H2,1H3. The van der Waals surface area contributed by atoms with Gasteiger partial charge in [0.25, 0.3) is 0 Å². The van der Waals surface area contributed by atoms with Crippen molar-refractivity contribution >= 4 is 17.9 Å². The first-order chi connectivity index (χ1) is 4.75. The molecule has 1 unspecified atom stereocenters. The SMILES string of the molecule is CC1CCCC(Cl)=C1C=O. The van der Waals surface area contributed by atoms with Crippen LogP contribution in [0.3, 0.4) is 0 Å². The lowest BCUT2D eigenvalue weighted by molar-refractivity contribution is -0.105. The molecule has 0 heterocycles. The molecule has 0 fully saturated rings. The van der Waals surface area contributed by atoms with Crippen molar-refractivity contribution in [1.82, 2.24) is 0 Å². The average Bonchev–Trinajstić information content (AvgIpc) is 1.88. The molecule has 0 saturated carbocycles. The monoisotopic (exact) mass is 158 g/mol. The normalized spacial score (nSPS) is 26.8. The predicted molar refractivity (Wildman–Crippen MR) is 42.0 cm³/mol. The van der Waals surface area contributed by atoms with Crippen molar-refractivity contribution in [2.45, 2.75) is 26.2 Å². The second-order valence-electron chi connectivity index (χ2n) is 2.77. The highest BCUT2D eigenvalue weighted by Gasteiger charge is 2.16. The van der Waals surface area contributed by atoms with Crippen LogP contribution in [0.25, 0.3) is 0 Å². The molecule has 1 nitrogen and oxygen atoms in total. The molecule has 0 aliphatic heterocycles. The highest BCUT2D eigenvalue weighted by Crippen LogP contribution is 2.30. The van der Waals surface area contributed by atoms with Crippen LogP contribution in [0.1, 0.15) is 26.2 Å². The minimum atomic E-state index is 0.374. The quantitative estimate of drug-likeness (QED) is 0.536. The maximum absolute atomic E-state index is 10.4. The van der Waals surface area contributed by atoms with Crippen molar-refractivity contribution in [3.63, 3.8) is 0 Å². The van der Waals surface area contributed by atoms with Crippen LogP contribution in [0.5, 0.6) is 0 Å². The molecular weight excluding hydrogens is 148 g/mol. The Labute approximate surface area is 66.1 Å². The van der Waals surface area contributed by atoms with Crippen molar-refractivity contribution in [2.24, 2.45) is 5.92 Å². The summed E-state index contributed by atoms with van der Waals surface area (Å²) in [5.41, 5.74) is 0.813. The van der Waals surface area contributed by atoms with E-state index in [0.29, 0.717) is 5.92 Å². The molecule has 0 N–H and O–H groups in total. The molecular formula is C8H11ClO. The number of carbonyl (C=O) groups is 1. The maximum atomic E-state index is 10.4. The Balaban J connectivity index is 2.83. The van der Waals surface area contributed by atoms with Crippen LogP contribution in [-0.2, 0) is 4.79 Å². The summed E-state index contributed by atoms with van der Waals surface area (Å²) in [6.07, 6.45) is 4.01. The van der Waals surface area contributed by atoms with Crippen LogP contribution < -0.4 is 0 Å². The van der Waals surface area contributed by atoms with Crippen LogP contribution in [0.2, 0.25) is 0 Å². The van der Waals surface area contributed by atoms with Gasteiger partial charge in [0.2, 0.25) is 0 Å². The smallest absolute Gasteiger partial charge is 0.147 e. The molecule has 10 heavy (non-hydrogen) atoms. The van der Waals surface area contributed by atoms with E-state index < -0.39 is 0 Å². The number of rotatable bonds is 1. The molecule has 1 aliphatic carbocycles. The average molecular weight is 159 g/mol. The van der Waals surface area contributed by atoms with Crippen LogP contribution in [-0.4, -0.2) is 6.29 Å². The van der Waals surface area contributed by atoms with Gasteiger partial charge in [0.05, 0.1) is 0 Å². The van der Waals surface area contributed by atoms with Crippen molar-refractivity contribution in [2.75, 3.05) is 0 Å². The van der Waals surface area contributed by atoms with E-state index in [4.69, 9.17) is 11.6 Å². The summed E-state index contributed by atoms with van der Waals surface area (Å²) in [6, 6.07) is 0. The Kier molecular flexibility index (Phi) is 2.50. The molecule has 0 amide bonds. The first kappa shape index (κ1) is 7.80. The molecule has 0 bridgehead atoms. The molecule has 0 radical (unpaired) electrons. The van der Waals surface area contributed by atoms with E-state index in [1.165, 1.54) is 0 Å². The van der Waals surface area contributed by atoms with Gasteiger partial charge < -0.3 is 0 Å². The molecule has 56 valence electrons. The summed E-state index contributed by atoms with van der Waals surface area (Å²) in [4.78, 5) is 10.4. The van der Waals surface area contributed by atoms with E-state index in [9.17, 15) is 4.79 Å². The Morgan fingerprint density at radius 3 is 2.80 bits per heavy atom. The highest BCUT2D eigenvalue weighted by molar-refractivity contribution is 6.31. The predicted octanol–water partition coefficient (Wildman–Crippen LogP) is 2.50. The minimum absolute atomic E-state index is 0.374. The summed E-state index contributed by atoms with van der Waals surface area (Å²) in [5.74, 6) is 0.374. The van der Waals surface area contributed by atoms with Gasteiger partial charge in [0, 0.05) is 10.6 Å². The van der Waals surface area contributed by atoms with E-state index in [2.05, 4.69) is 0 Å². The number of aldehydes is 1. The molecule has 1 atom stereocenters. The van der Waals surface area contributed by atoms with Crippen molar-refractivity contribution in [3.05, 3.63) is 10.6 Å². The summed E-state index contributed by atoms with van der Waals surface area (Å²) < 4.78 is 0. The third-order valence-corrected chi connectivity index (χ3v) is 2.41. The molecule has 1 aliphatic rings. The number of hydrogen-bond donors (Lipinski definition) is 0. The van der Waals surface area contributed by atoms with E-state index in [1.807, 2.05) is 6.92 Å². The van der Waals surface area contributed by atoms with Crippen molar-refractivity contribution in [3.8, 4) is 0 Å². The zero-order valence-electron chi connectivity index (χ0n) is 6.06. The lowest BCUT2D eigenvalue weighted by atomic mass is 9.90. The van der Waals surface area contributed by atoms with Gasteiger partial charge in [-0.2, -0.15) is 0 Å². The van der Waals surface area contributed by atoms with Crippen LogP contribution in [0.4, 0.5) is 0 Å². The van der Waals surface area contributed by atoms with Gasteiger partial charge in [0.1, 0.15) is 6.29 Å². The van der Waals surface area contributed by atoms with Gasteiger partial charge in [0.15, 0.2) is 0 Å². The van der Waals surface area contributed by atoms with Gasteiger partial charge in [-0.15, -0.1) is 0 Å². The molecule has 2 heteroatoms. The summed E-state index contributed by atoms with van der Waals surface area (Å²) in [6.45, 7) is 2.05. The van der Waals surface area contributed by atoms with E-state index in [-0.39, 0.29) is 0 Å². The summed E-state index contributed by atoms with van der Waals surface area (Å²) in [7, 11) is 0. The Morgan fingerprint density at radius 1 is 1.70 bits per heavy atom. The minimum Gasteiger partial charge on any atom is -0.298 e. The summed E-state index contributed by atoms with van der Waals surface area (Å²) >= 11 is 5.83. The van der Waals surface area contributed by atoms with Gasteiger partial charge in [-0.05, 0) is 25.2 Å². The number of carbonyl (C=O) groups excluding carboxylic acids is 1. The fourth-order valence-electron chi connectivity index (χ4n) is 1.31. The van der Waals surface area contributed by atoms with Crippen LogP contribution in [0.15, 0.2) is 10.6 Å². The molecule has 0 saturated heterocycles. The summed E-state index contributed by atoms with van der Waals surface area (Å²) in [5, 5.41) is 0.772. The Hall–Kier alpha value is -0.300. The fourth-order valence-corrected chi connectivity index (χ4v) is 1.68. The molecule has 1 rings (SSSR count). The number of halogens is 1. The largest absolute Gasteiger partial charge is 0.298 e. The third kappa shape index (κ3) is 1.40. The molecule has 0 aromatic rings. The van der Waals surface area contributed by atoms with E-state index >= 15 is 0 Å². The lowest BCUT2D eigenvalue weighted by Gasteiger charge is -2.18. The molecule has 0 aromatic carbocycles. The zero-order valence-corrected chi connectivity index (χ0v) is 6.82.